The summed E-state index contributed by atoms with van der Waals surface area (Å²) >= 11 is 0. The number of anilines is 1. The Balaban J connectivity index is 1.43. The Bertz CT molecular complexity index is 1070. The van der Waals surface area contributed by atoms with Crippen molar-refractivity contribution in [2.24, 2.45) is 5.92 Å². The van der Waals surface area contributed by atoms with Gasteiger partial charge in [0.2, 0.25) is 5.91 Å². The van der Waals surface area contributed by atoms with E-state index in [2.05, 4.69) is 21.9 Å². The van der Waals surface area contributed by atoms with Crippen LogP contribution < -0.4 is 5.73 Å². The molecule has 30 heavy (non-hydrogen) atoms. The fraction of sp³-hybridized carbons (Fsp3) is 0.273. The van der Waals surface area contributed by atoms with Crippen LogP contribution in [0, 0.1) is 17.6 Å². The van der Waals surface area contributed by atoms with E-state index in [-0.39, 0.29) is 23.8 Å². The number of carbonyl (C=O) groups is 1. The number of amides is 1. The molecule has 0 bridgehead atoms. The fourth-order valence-electron chi connectivity index (χ4n) is 3.55. The van der Waals surface area contributed by atoms with E-state index in [1.54, 1.807) is 35.5 Å². The minimum absolute atomic E-state index is 0.0193. The van der Waals surface area contributed by atoms with Gasteiger partial charge in [-0.3, -0.25) is 9.78 Å². The van der Waals surface area contributed by atoms with E-state index in [1.807, 2.05) is 0 Å². The van der Waals surface area contributed by atoms with Gasteiger partial charge in [-0.2, -0.15) is 0 Å². The van der Waals surface area contributed by atoms with Gasteiger partial charge < -0.3 is 10.6 Å². The first kappa shape index (κ1) is 19.9. The molecule has 0 radical (unpaired) electrons. The zero-order chi connectivity index (χ0) is 21.3. The summed E-state index contributed by atoms with van der Waals surface area (Å²) in [6.07, 6.45) is 3.45. The average Bonchev–Trinajstić information content (AvgIpc) is 2.69. The monoisotopic (exact) mass is 409 g/mol. The third-order valence-corrected chi connectivity index (χ3v) is 5.50. The second kappa shape index (κ2) is 8.14. The lowest BCUT2D eigenvalue weighted by molar-refractivity contribution is -0.137. The SMILES string of the molecule is CC(c1ncccn1)C1CN(C(=O)Cc2nc(-c3ccc(F)cc3F)ccc2N)C1. The number of aromatic nitrogens is 3. The highest BCUT2D eigenvalue weighted by Gasteiger charge is 2.36. The van der Waals surface area contributed by atoms with Crippen molar-refractivity contribution in [2.75, 3.05) is 18.8 Å². The molecule has 0 aliphatic carbocycles. The number of carbonyl (C=O) groups excluding carboxylic acids is 1. The van der Waals surface area contributed by atoms with E-state index in [1.165, 1.54) is 12.1 Å². The summed E-state index contributed by atoms with van der Waals surface area (Å²) in [5.41, 5.74) is 7.19. The van der Waals surface area contributed by atoms with E-state index < -0.39 is 11.6 Å². The minimum atomic E-state index is -0.716. The van der Waals surface area contributed by atoms with Crippen LogP contribution in [0.25, 0.3) is 11.3 Å². The van der Waals surface area contributed by atoms with Gasteiger partial charge in [-0.1, -0.05) is 6.92 Å². The van der Waals surface area contributed by atoms with Gasteiger partial charge in [0.25, 0.3) is 0 Å². The molecule has 1 unspecified atom stereocenters. The summed E-state index contributed by atoms with van der Waals surface area (Å²) in [4.78, 5) is 27.4. The molecule has 1 aromatic carbocycles. The highest BCUT2D eigenvalue weighted by Crippen LogP contribution is 2.30. The molecule has 1 aliphatic rings. The summed E-state index contributed by atoms with van der Waals surface area (Å²) in [7, 11) is 0. The molecular formula is C22H21F2N5O. The van der Waals surface area contributed by atoms with Gasteiger partial charge >= 0.3 is 0 Å². The second-order valence-electron chi connectivity index (χ2n) is 7.49. The van der Waals surface area contributed by atoms with Crippen molar-refractivity contribution >= 4 is 11.6 Å². The van der Waals surface area contributed by atoms with Crippen LogP contribution in [0.5, 0.6) is 0 Å². The van der Waals surface area contributed by atoms with Crippen LogP contribution in [0.1, 0.15) is 24.4 Å². The number of rotatable bonds is 5. The smallest absolute Gasteiger partial charge is 0.228 e. The Kier molecular flexibility index (Phi) is 5.39. The highest BCUT2D eigenvalue weighted by molar-refractivity contribution is 5.81. The Morgan fingerprint density at radius 1 is 1.20 bits per heavy atom. The van der Waals surface area contributed by atoms with Crippen LogP contribution in [0.3, 0.4) is 0 Å². The van der Waals surface area contributed by atoms with Crippen molar-refractivity contribution in [1.29, 1.82) is 0 Å². The second-order valence-corrected chi connectivity index (χ2v) is 7.49. The summed E-state index contributed by atoms with van der Waals surface area (Å²) in [6, 6.07) is 8.20. The van der Waals surface area contributed by atoms with Crippen LogP contribution in [-0.4, -0.2) is 38.8 Å². The molecule has 154 valence electrons. The van der Waals surface area contributed by atoms with Crippen LogP contribution in [0.15, 0.2) is 48.8 Å². The molecule has 1 aliphatic heterocycles. The van der Waals surface area contributed by atoms with Gasteiger partial charge in [-0.15, -0.1) is 0 Å². The minimum Gasteiger partial charge on any atom is -0.397 e. The van der Waals surface area contributed by atoms with E-state index in [0.29, 0.717) is 36.1 Å². The summed E-state index contributed by atoms with van der Waals surface area (Å²) in [6.45, 7) is 3.29. The lowest BCUT2D eigenvalue weighted by atomic mass is 9.86. The molecule has 1 saturated heterocycles. The normalized spacial score (nSPS) is 15.0. The molecular weight excluding hydrogens is 388 g/mol. The number of halogens is 2. The standard InChI is InChI=1S/C22H21F2N5O/c1-13(22-26-7-2-8-27-22)14-11-29(12-14)21(30)10-20-18(25)5-6-19(28-20)16-4-3-15(23)9-17(16)24/h2-9,13-14H,10-12,25H2,1H3. The van der Waals surface area contributed by atoms with Gasteiger partial charge in [0, 0.05) is 48.9 Å². The number of hydrogen-bond acceptors (Lipinski definition) is 5. The summed E-state index contributed by atoms with van der Waals surface area (Å²) in [5.74, 6) is -0.251. The number of nitrogens with zero attached hydrogens (tertiary/aromatic N) is 4. The van der Waals surface area contributed by atoms with Crippen LogP contribution in [0.2, 0.25) is 0 Å². The Hall–Kier alpha value is -3.42. The van der Waals surface area contributed by atoms with E-state index in [4.69, 9.17) is 5.73 Å². The summed E-state index contributed by atoms with van der Waals surface area (Å²) in [5, 5.41) is 0. The van der Waals surface area contributed by atoms with Gasteiger partial charge in [0.1, 0.15) is 17.5 Å². The molecule has 2 aromatic heterocycles. The zero-order valence-electron chi connectivity index (χ0n) is 16.4. The number of likely N-dealkylation sites (tertiary alicyclic amines) is 1. The largest absolute Gasteiger partial charge is 0.397 e. The average molecular weight is 409 g/mol. The number of hydrogen-bond donors (Lipinski definition) is 1. The molecule has 3 heterocycles. The molecule has 4 rings (SSSR count). The maximum Gasteiger partial charge on any atom is 0.228 e. The Morgan fingerprint density at radius 2 is 1.93 bits per heavy atom. The fourth-order valence-corrected chi connectivity index (χ4v) is 3.55. The van der Waals surface area contributed by atoms with E-state index >= 15 is 0 Å². The van der Waals surface area contributed by atoms with Crippen molar-refractivity contribution in [3.05, 3.63) is 71.9 Å². The molecule has 0 spiro atoms. The van der Waals surface area contributed by atoms with Gasteiger partial charge in [-0.25, -0.2) is 18.7 Å². The Morgan fingerprint density at radius 3 is 2.63 bits per heavy atom. The van der Waals surface area contributed by atoms with Gasteiger partial charge in [-0.05, 0) is 30.3 Å². The van der Waals surface area contributed by atoms with E-state index in [9.17, 15) is 13.6 Å². The maximum absolute atomic E-state index is 14.1. The molecule has 2 N–H and O–H groups in total. The number of nitrogen functional groups attached to an aromatic ring is 1. The zero-order valence-corrected chi connectivity index (χ0v) is 16.4. The predicted octanol–water partition coefficient (Wildman–Crippen LogP) is 3.20. The molecule has 1 amide bonds. The molecule has 6 nitrogen and oxygen atoms in total. The van der Waals surface area contributed by atoms with Crippen LogP contribution >= 0.6 is 0 Å². The summed E-state index contributed by atoms with van der Waals surface area (Å²) < 4.78 is 27.3. The number of pyridine rings is 1. The van der Waals surface area contributed by atoms with Crippen molar-refractivity contribution in [1.82, 2.24) is 19.9 Å². The van der Waals surface area contributed by atoms with Gasteiger partial charge in [0.15, 0.2) is 0 Å². The molecule has 3 aromatic rings. The van der Waals surface area contributed by atoms with Crippen molar-refractivity contribution < 1.29 is 13.6 Å². The topological polar surface area (TPSA) is 85.0 Å². The molecule has 1 fully saturated rings. The third kappa shape index (κ3) is 3.98. The molecule has 0 saturated carbocycles. The van der Waals surface area contributed by atoms with Gasteiger partial charge in [0.05, 0.1) is 23.5 Å². The van der Waals surface area contributed by atoms with Crippen LogP contribution in [-0.2, 0) is 11.2 Å². The predicted molar refractivity (Wildman–Crippen MR) is 108 cm³/mol. The number of nitrogens with two attached hydrogens (primary N) is 1. The molecule has 8 heteroatoms. The number of benzene rings is 1. The highest BCUT2D eigenvalue weighted by atomic mass is 19.1. The van der Waals surface area contributed by atoms with Crippen molar-refractivity contribution in [3.63, 3.8) is 0 Å². The first-order valence-electron chi connectivity index (χ1n) is 9.68. The van der Waals surface area contributed by atoms with E-state index in [0.717, 1.165) is 11.9 Å². The maximum atomic E-state index is 14.1. The third-order valence-electron chi connectivity index (χ3n) is 5.50. The Labute approximate surface area is 172 Å². The quantitative estimate of drug-likeness (QED) is 0.700. The lowest BCUT2D eigenvalue weighted by Crippen LogP contribution is -2.52. The van der Waals surface area contributed by atoms with Crippen molar-refractivity contribution in [3.8, 4) is 11.3 Å². The first-order valence-corrected chi connectivity index (χ1v) is 9.68. The van der Waals surface area contributed by atoms with Crippen molar-refractivity contribution in [2.45, 2.75) is 19.3 Å². The van der Waals surface area contributed by atoms with Crippen LogP contribution in [0.4, 0.5) is 14.5 Å². The molecule has 1 atom stereocenters. The first-order chi connectivity index (χ1) is 14.4. The lowest BCUT2D eigenvalue weighted by Gasteiger charge is -2.42.